The summed E-state index contributed by atoms with van der Waals surface area (Å²) in [7, 11) is 0. The molecule has 0 radical (unpaired) electrons. The van der Waals surface area contributed by atoms with E-state index in [1.165, 1.54) is 0 Å². The highest BCUT2D eigenvalue weighted by atomic mass is 32.1. The summed E-state index contributed by atoms with van der Waals surface area (Å²) in [5.74, 6) is 0.377. The molecule has 134 valence electrons. The van der Waals surface area contributed by atoms with Crippen LogP contribution in [0.15, 0.2) is 30.3 Å². The van der Waals surface area contributed by atoms with E-state index >= 15 is 0 Å². The Morgan fingerprint density at radius 3 is 2.62 bits per heavy atom. The Labute approximate surface area is 151 Å². The molecule has 5 atom stereocenters. The average Bonchev–Trinajstić information content (AvgIpc) is 3.00. The Balaban J connectivity index is 1.92. The maximum Gasteiger partial charge on any atom is 0.237 e. The molecule has 0 aromatic heterocycles. The summed E-state index contributed by atoms with van der Waals surface area (Å²) >= 11 is 4.51. The second kappa shape index (κ2) is 9.44. The van der Waals surface area contributed by atoms with Crippen molar-refractivity contribution in [2.75, 3.05) is 13.1 Å². The van der Waals surface area contributed by atoms with E-state index in [2.05, 4.69) is 42.4 Å². The Morgan fingerprint density at radius 2 is 2.04 bits per heavy atom. The molecule has 1 aliphatic rings. The Morgan fingerprint density at radius 1 is 1.33 bits per heavy atom. The van der Waals surface area contributed by atoms with Gasteiger partial charge in [0.2, 0.25) is 5.91 Å². The number of nitrogens with one attached hydrogen (secondary N) is 3. The van der Waals surface area contributed by atoms with Crippen LogP contribution in [0.25, 0.3) is 0 Å². The van der Waals surface area contributed by atoms with E-state index in [1.807, 2.05) is 37.3 Å². The van der Waals surface area contributed by atoms with Crippen LogP contribution in [0, 0.1) is 5.92 Å². The first-order valence-corrected chi connectivity index (χ1v) is 9.53. The maximum absolute atomic E-state index is 12.8. The van der Waals surface area contributed by atoms with Gasteiger partial charge >= 0.3 is 0 Å². The van der Waals surface area contributed by atoms with Crippen LogP contribution in [0.2, 0.25) is 0 Å². The molecule has 0 spiro atoms. The third-order valence-electron chi connectivity index (χ3n) is 4.94. The first-order chi connectivity index (χ1) is 11.5. The minimum atomic E-state index is -0.165. The smallest absolute Gasteiger partial charge is 0.237 e. The van der Waals surface area contributed by atoms with Gasteiger partial charge in [-0.2, -0.15) is 12.6 Å². The molecular formula is C19H31N3OS. The molecule has 1 aromatic rings. The highest BCUT2D eigenvalue weighted by Crippen LogP contribution is 2.15. The molecule has 5 heteroatoms. The van der Waals surface area contributed by atoms with E-state index in [4.69, 9.17) is 0 Å². The number of hydrogen-bond acceptors (Lipinski definition) is 4. The summed E-state index contributed by atoms with van der Waals surface area (Å²) in [4.78, 5) is 12.8. The van der Waals surface area contributed by atoms with Crippen molar-refractivity contribution in [1.82, 2.24) is 16.0 Å². The number of carbonyl (C=O) groups excluding carboxylic acids is 1. The zero-order valence-corrected chi connectivity index (χ0v) is 15.9. The van der Waals surface area contributed by atoms with Gasteiger partial charge < -0.3 is 16.0 Å². The third-order valence-corrected chi connectivity index (χ3v) is 5.33. The lowest BCUT2D eigenvalue weighted by Crippen LogP contribution is -2.51. The quantitative estimate of drug-likeness (QED) is 0.546. The van der Waals surface area contributed by atoms with Crippen LogP contribution in [0.5, 0.6) is 0 Å². The fourth-order valence-corrected chi connectivity index (χ4v) is 3.50. The van der Waals surface area contributed by atoms with Gasteiger partial charge in [0.15, 0.2) is 0 Å². The fourth-order valence-electron chi connectivity index (χ4n) is 3.14. The lowest BCUT2D eigenvalue weighted by Gasteiger charge is -2.27. The average molecular weight is 350 g/mol. The van der Waals surface area contributed by atoms with E-state index < -0.39 is 0 Å². The van der Waals surface area contributed by atoms with Gasteiger partial charge in [-0.15, -0.1) is 0 Å². The minimum absolute atomic E-state index is 0.0125. The van der Waals surface area contributed by atoms with Crippen molar-refractivity contribution >= 4 is 18.5 Å². The van der Waals surface area contributed by atoms with E-state index in [0.717, 1.165) is 31.5 Å². The Hall–Kier alpha value is -1.04. The first kappa shape index (κ1) is 19.3. The predicted molar refractivity (Wildman–Crippen MR) is 103 cm³/mol. The van der Waals surface area contributed by atoms with Crippen molar-refractivity contribution in [3.8, 4) is 0 Å². The van der Waals surface area contributed by atoms with Gasteiger partial charge in [0.25, 0.3) is 0 Å². The number of rotatable bonds is 8. The van der Waals surface area contributed by atoms with Crippen LogP contribution in [-0.2, 0) is 4.79 Å². The lowest BCUT2D eigenvalue weighted by atomic mass is 9.97. The molecule has 1 aliphatic heterocycles. The zero-order valence-electron chi connectivity index (χ0n) is 15.0. The highest BCUT2D eigenvalue weighted by Gasteiger charge is 2.27. The van der Waals surface area contributed by atoms with Crippen LogP contribution in [-0.4, -0.2) is 36.3 Å². The summed E-state index contributed by atoms with van der Waals surface area (Å²) in [6, 6.07) is 10.3. The van der Waals surface area contributed by atoms with Crippen LogP contribution < -0.4 is 16.0 Å². The van der Waals surface area contributed by atoms with E-state index in [-0.39, 0.29) is 18.0 Å². The molecule has 1 unspecified atom stereocenters. The van der Waals surface area contributed by atoms with Gasteiger partial charge in [-0.1, -0.05) is 50.6 Å². The second-order valence-electron chi connectivity index (χ2n) is 6.91. The predicted octanol–water partition coefficient (Wildman–Crippen LogP) is 2.53. The van der Waals surface area contributed by atoms with Gasteiger partial charge in [0, 0.05) is 24.4 Å². The van der Waals surface area contributed by atoms with Gasteiger partial charge in [0.1, 0.15) is 0 Å². The molecule has 1 saturated heterocycles. The van der Waals surface area contributed by atoms with E-state index in [1.54, 1.807) is 0 Å². The van der Waals surface area contributed by atoms with Crippen LogP contribution in [0.3, 0.4) is 0 Å². The summed E-state index contributed by atoms with van der Waals surface area (Å²) in [6.07, 6.45) is 2.02. The summed E-state index contributed by atoms with van der Waals surface area (Å²) in [5, 5.41) is 10.5. The topological polar surface area (TPSA) is 53.2 Å². The molecule has 2 rings (SSSR count). The first-order valence-electron chi connectivity index (χ1n) is 9.01. The molecule has 0 bridgehead atoms. The molecule has 0 saturated carbocycles. The lowest BCUT2D eigenvalue weighted by molar-refractivity contribution is -0.125. The van der Waals surface area contributed by atoms with Crippen LogP contribution >= 0.6 is 12.6 Å². The normalized spacial score (nSPS) is 24.3. The number of thiol groups is 1. The molecule has 1 heterocycles. The van der Waals surface area contributed by atoms with Crippen LogP contribution in [0.4, 0.5) is 0 Å². The molecule has 1 aromatic carbocycles. The van der Waals surface area contributed by atoms with Crippen molar-refractivity contribution in [3.05, 3.63) is 35.9 Å². The highest BCUT2D eigenvalue weighted by molar-refractivity contribution is 7.81. The monoisotopic (exact) mass is 349 g/mol. The molecule has 4 nitrogen and oxygen atoms in total. The minimum Gasteiger partial charge on any atom is -0.348 e. The summed E-state index contributed by atoms with van der Waals surface area (Å²) in [5.41, 5.74) is 1.13. The molecule has 0 aliphatic carbocycles. The number of carbonyl (C=O) groups is 1. The van der Waals surface area contributed by atoms with Crippen molar-refractivity contribution in [2.24, 2.45) is 5.92 Å². The van der Waals surface area contributed by atoms with Crippen molar-refractivity contribution < 1.29 is 4.79 Å². The molecule has 3 N–H and O–H groups in total. The zero-order chi connectivity index (χ0) is 17.5. The molecule has 24 heavy (non-hydrogen) atoms. The molecular weight excluding hydrogens is 318 g/mol. The van der Waals surface area contributed by atoms with Crippen LogP contribution in [0.1, 0.15) is 45.2 Å². The number of benzene rings is 1. The van der Waals surface area contributed by atoms with Gasteiger partial charge in [-0.25, -0.2) is 0 Å². The Kier molecular flexibility index (Phi) is 7.59. The van der Waals surface area contributed by atoms with Gasteiger partial charge in [-0.05, 0) is 24.8 Å². The van der Waals surface area contributed by atoms with Gasteiger partial charge in [0.05, 0.1) is 12.1 Å². The Bertz CT molecular complexity index is 511. The second-order valence-corrected chi connectivity index (χ2v) is 7.64. The van der Waals surface area contributed by atoms with Crippen molar-refractivity contribution in [1.29, 1.82) is 0 Å². The number of hydrogen-bond donors (Lipinski definition) is 4. The van der Waals surface area contributed by atoms with E-state index in [9.17, 15) is 4.79 Å². The summed E-state index contributed by atoms with van der Waals surface area (Å²) in [6.45, 7) is 8.05. The molecule has 1 amide bonds. The fraction of sp³-hybridized carbons (Fsp3) is 0.632. The maximum atomic E-state index is 12.8. The largest absolute Gasteiger partial charge is 0.348 e. The van der Waals surface area contributed by atoms with Crippen molar-refractivity contribution in [2.45, 2.75) is 57.0 Å². The number of amides is 1. The summed E-state index contributed by atoms with van der Waals surface area (Å²) < 4.78 is 0. The third kappa shape index (κ3) is 5.50. The SMILES string of the molecule is CC[C@H](C)[C@H](NC[C@H]1C[C@@H](S)CN1)C(=O)NC(C)c1ccccc1. The van der Waals surface area contributed by atoms with E-state index in [0.29, 0.717) is 17.2 Å². The standard InChI is InChI=1S/C19H31N3OS/c1-4-13(2)18(21-11-16-10-17(24)12-20-16)19(23)22-14(3)15-8-6-5-7-9-15/h5-9,13-14,16-18,20-21,24H,4,10-12H2,1-3H3,(H,22,23)/t13-,14?,16+,17+,18-/m0/s1. The molecule has 1 fully saturated rings. The van der Waals surface area contributed by atoms with Crippen molar-refractivity contribution in [3.63, 3.8) is 0 Å². The van der Waals surface area contributed by atoms with Gasteiger partial charge in [-0.3, -0.25) is 4.79 Å².